The number of carboxylic acids is 1. The lowest BCUT2D eigenvalue weighted by molar-refractivity contribution is -0.151. The number of aliphatic carboxylic acids is 1. The molecule has 0 spiro atoms. The van der Waals surface area contributed by atoms with Crippen molar-refractivity contribution >= 4 is 11.9 Å². The summed E-state index contributed by atoms with van der Waals surface area (Å²) in [4.78, 5) is 25.6. The van der Waals surface area contributed by atoms with Gasteiger partial charge in [-0.05, 0) is 32.2 Å². The number of amides is 1. The molecule has 19 heavy (non-hydrogen) atoms. The van der Waals surface area contributed by atoms with Crippen LogP contribution in [-0.2, 0) is 9.59 Å². The van der Waals surface area contributed by atoms with Crippen LogP contribution in [0.4, 0.5) is 0 Å². The molecule has 0 bridgehead atoms. The number of hydrogen-bond acceptors (Lipinski definition) is 3. The van der Waals surface area contributed by atoms with Gasteiger partial charge < -0.3 is 15.3 Å². The van der Waals surface area contributed by atoms with Crippen molar-refractivity contribution in [2.24, 2.45) is 5.41 Å². The molecule has 5 heteroatoms. The minimum atomic E-state index is -0.905. The van der Waals surface area contributed by atoms with Crippen molar-refractivity contribution in [1.29, 1.82) is 0 Å². The zero-order valence-electron chi connectivity index (χ0n) is 11.7. The van der Waals surface area contributed by atoms with Crippen LogP contribution >= 0.6 is 0 Å². The quantitative estimate of drug-likeness (QED) is 0.787. The van der Waals surface area contributed by atoms with Crippen molar-refractivity contribution in [3.05, 3.63) is 0 Å². The molecule has 1 aliphatic carbocycles. The summed E-state index contributed by atoms with van der Waals surface area (Å²) in [7, 11) is 0. The van der Waals surface area contributed by atoms with Crippen molar-refractivity contribution in [2.45, 2.75) is 51.5 Å². The van der Waals surface area contributed by atoms with Crippen molar-refractivity contribution in [3.63, 3.8) is 0 Å². The Bertz CT molecular complexity index is 345. The molecule has 0 aromatic carbocycles. The lowest BCUT2D eigenvalue weighted by atomic mass is 9.82. The normalized spacial score (nSPS) is 27.6. The van der Waals surface area contributed by atoms with Crippen molar-refractivity contribution < 1.29 is 14.7 Å². The van der Waals surface area contributed by atoms with E-state index >= 15 is 0 Å². The Morgan fingerprint density at radius 2 is 2.05 bits per heavy atom. The number of nitrogens with zero attached hydrogens (tertiary/aromatic N) is 1. The predicted molar refractivity (Wildman–Crippen MR) is 71.8 cm³/mol. The number of carbonyl (C=O) groups is 2. The fourth-order valence-corrected chi connectivity index (χ4v) is 3.41. The van der Waals surface area contributed by atoms with Crippen molar-refractivity contribution in [1.82, 2.24) is 10.2 Å². The van der Waals surface area contributed by atoms with E-state index in [1.807, 2.05) is 6.92 Å². The molecule has 108 valence electrons. The summed E-state index contributed by atoms with van der Waals surface area (Å²) in [5.74, 6) is -0.855. The second-order valence-corrected chi connectivity index (χ2v) is 5.83. The Morgan fingerprint density at radius 1 is 1.37 bits per heavy atom. The van der Waals surface area contributed by atoms with Crippen LogP contribution in [0.25, 0.3) is 0 Å². The highest BCUT2D eigenvalue weighted by Gasteiger charge is 2.44. The van der Waals surface area contributed by atoms with Gasteiger partial charge in [-0.3, -0.25) is 9.59 Å². The van der Waals surface area contributed by atoms with Gasteiger partial charge in [-0.25, -0.2) is 0 Å². The minimum absolute atomic E-state index is 0.0503. The number of nitrogens with one attached hydrogen (secondary N) is 1. The Morgan fingerprint density at radius 3 is 2.53 bits per heavy atom. The van der Waals surface area contributed by atoms with E-state index in [1.54, 1.807) is 4.90 Å². The number of hydrogen-bond donors (Lipinski definition) is 2. The van der Waals surface area contributed by atoms with Crippen LogP contribution in [0, 0.1) is 5.41 Å². The maximum Gasteiger partial charge on any atom is 0.323 e. The molecule has 2 fully saturated rings. The summed E-state index contributed by atoms with van der Waals surface area (Å²) in [6.07, 6.45) is 5.71. The third kappa shape index (κ3) is 2.91. The van der Waals surface area contributed by atoms with E-state index in [1.165, 1.54) is 0 Å². The molecule has 1 atom stereocenters. The van der Waals surface area contributed by atoms with Gasteiger partial charge in [0.15, 0.2) is 0 Å². The molecular formula is C14H24N2O3. The summed E-state index contributed by atoms with van der Waals surface area (Å²) in [5, 5.41) is 12.3. The first-order valence-corrected chi connectivity index (χ1v) is 7.32. The van der Waals surface area contributed by atoms with E-state index in [0.717, 1.165) is 45.1 Å². The summed E-state index contributed by atoms with van der Waals surface area (Å²) >= 11 is 0. The van der Waals surface area contributed by atoms with E-state index in [9.17, 15) is 9.59 Å². The van der Waals surface area contributed by atoms with Crippen molar-refractivity contribution in [3.8, 4) is 0 Å². The molecule has 2 aliphatic rings. The SMILES string of the molecule is CCC1(C(=O)N(CC(=O)O)C2CCCC2)CCNC1. The summed E-state index contributed by atoms with van der Waals surface area (Å²) in [5.41, 5.74) is -0.377. The lowest BCUT2D eigenvalue weighted by Gasteiger charge is -2.36. The third-order valence-corrected chi connectivity index (χ3v) is 4.71. The van der Waals surface area contributed by atoms with Gasteiger partial charge in [0.1, 0.15) is 6.54 Å². The maximum absolute atomic E-state index is 12.8. The Labute approximate surface area is 114 Å². The van der Waals surface area contributed by atoms with Gasteiger partial charge in [0.05, 0.1) is 5.41 Å². The molecule has 1 amide bonds. The molecule has 2 rings (SSSR count). The zero-order valence-corrected chi connectivity index (χ0v) is 11.7. The molecular weight excluding hydrogens is 244 g/mol. The Kier molecular flexibility index (Phi) is 4.45. The van der Waals surface area contributed by atoms with Gasteiger partial charge >= 0.3 is 5.97 Å². The van der Waals surface area contributed by atoms with E-state index in [2.05, 4.69) is 5.32 Å². The van der Waals surface area contributed by atoms with Crippen LogP contribution in [0.5, 0.6) is 0 Å². The monoisotopic (exact) mass is 268 g/mol. The molecule has 1 unspecified atom stereocenters. The van der Waals surface area contributed by atoms with Crippen LogP contribution in [-0.4, -0.2) is 47.6 Å². The van der Waals surface area contributed by atoms with Crippen LogP contribution < -0.4 is 5.32 Å². The summed E-state index contributed by atoms with van der Waals surface area (Å²) in [6, 6.07) is 0.132. The molecule has 0 radical (unpaired) electrons. The summed E-state index contributed by atoms with van der Waals surface area (Å²) < 4.78 is 0. The van der Waals surface area contributed by atoms with Crippen LogP contribution in [0.2, 0.25) is 0 Å². The van der Waals surface area contributed by atoms with Gasteiger partial charge in [-0.2, -0.15) is 0 Å². The highest BCUT2D eigenvalue weighted by atomic mass is 16.4. The van der Waals surface area contributed by atoms with E-state index in [-0.39, 0.29) is 23.9 Å². The van der Waals surface area contributed by atoms with E-state index < -0.39 is 5.97 Å². The molecule has 1 aliphatic heterocycles. The number of carboxylic acid groups (broad SMARTS) is 1. The van der Waals surface area contributed by atoms with Gasteiger partial charge in [0, 0.05) is 12.6 Å². The largest absolute Gasteiger partial charge is 0.480 e. The van der Waals surface area contributed by atoms with Gasteiger partial charge in [0.2, 0.25) is 5.91 Å². The number of rotatable bonds is 5. The molecule has 1 heterocycles. The number of carbonyl (C=O) groups excluding carboxylic acids is 1. The van der Waals surface area contributed by atoms with Crippen LogP contribution in [0.3, 0.4) is 0 Å². The van der Waals surface area contributed by atoms with Crippen molar-refractivity contribution in [2.75, 3.05) is 19.6 Å². The summed E-state index contributed by atoms with van der Waals surface area (Å²) in [6.45, 7) is 3.42. The topological polar surface area (TPSA) is 69.6 Å². The fraction of sp³-hybridized carbons (Fsp3) is 0.857. The van der Waals surface area contributed by atoms with E-state index in [4.69, 9.17) is 5.11 Å². The van der Waals surface area contributed by atoms with Gasteiger partial charge in [-0.15, -0.1) is 0 Å². The minimum Gasteiger partial charge on any atom is -0.480 e. The lowest BCUT2D eigenvalue weighted by Crippen LogP contribution is -2.50. The molecule has 1 saturated carbocycles. The molecule has 1 saturated heterocycles. The zero-order chi connectivity index (χ0) is 13.9. The first kappa shape index (κ1) is 14.3. The fourth-order valence-electron chi connectivity index (χ4n) is 3.41. The van der Waals surface area contributed by atoms with Gasteiger partial charge in [-0.1, -0.05) is 19.8 Å². The van der Waals surface area contributed by atoms with Gasteiger partial charge in [0.25, 0.3) is 0 Å². The first-order valence-electron chi connectivity index (χ1n) is 7.32. The predicted octanol–water partition coefficient (Wildman–Crippen LogP) is 1.23. The Hall–Kier alpha value is -1.10. The average molecular weight is 268 g/mol. The standard InChI is InChI=1S/C14H24N2O3/c1-2-14(7-8-15-10-14)13(19)16(9-12(17)18)11-5-3-4-6-11/h11,15H,2-10H2,1H3,(H,17,18). The smallest absolute Gasteiger partial charge is 0.323 e. The van der Waals surface area contributed by atoms with E-state index in [0.29, 0.717) is 6.54 Å². The van der Waals surface area contributed by atoms with Crippen LogP contribution in [0.1, 0.15) is 45.4 Å². The highest BCUT2D eigenvalue weighted by molar-refractivity contribution is 5.86. The average Bonchev–Trinajstić information content (AvgIpc) is 3.06. The second kappa shape index (κ2) is 5.90. The molecule has 0 aromatic heterocycles. The molecule has 5 nitrogen and oxygen atoms in total. The van der Waals surface area contributed by atoms with Crippen LogP contribution in [0.15, 0.2) is 0 Å². The maximum atomic E-state index is 12.8. The third-order valence-electron chi connectivity index (χ3n) is 4.71. The second-order valence-electron chi connectivity index (χ2n) is 5.83. The molecule has 0 aromatic rings. The Balaban J connectivity index is 2.16. The molecule has 2 N–H and O–H groups in total. The first-order chi connectivity index (χ1) is 9.09. The highest BCUT2D eigenvalue weighted by Crippen LogP contribution is 2.34.